The van der Waals surface area contributed by atoms with Gasteiger partial charge in [-0.15, -0.1) is 0 Å². The molecule has 3 N–H and O–H groups in total. The second-order valence-electron chi connectivity index (χ2n) is 4.17. The van der Waals surface area contributed by atoms with Gasteiger partial charge in [0.15, 0.2) is 0 Å². The maximum atomic E-state index is 11.6. The molecule has 1 heterocycles. The van der Waals surface area contributed by atoms with Gasteiger partial charge < -0.3 is 11.1 Å². The summed E-state index contributed by atoms with van der Waals surface area (Å²) in [7, 11) is 0. The lowest BCUT2D eigenvalue weighted by Gasteiger charge is -2.04. The van der Waals surface area contributed by atoms with Gasteiger partial charge in [-0.3, -0.25) is 9.78 Å². The minimum absolute atomic E-state index is 0.199. The second kappa shape index (κ2) is 4.92. The van der Waals surface area contributed by atoms with Crippen molar-refractivity contribution in [2.45, 2.75) is 25.7 Å². The molecule has 1 aromatic heterocycles. The maximum absolute atomic E-state index is 11.6. The van der Waals surface area contributed by atoms with E-state index in [0.717, 1.165) is 12.3 Å². The van der Waals surface area contributed by atoms with Gasteiger partial charge in [0.2, 0.25) is 0 Å². The SMILES string of the molecule is Nc1cncc(C(=O)NCCCC2CC2)n1. The first-order valence-electron chi connectivity index (χ1n) is 5.61. The zero-order valence-electron chi connectivity index (χ0n) is 9.15. The molecule has 0 aliphatic heterocycles. The number of amides is 1. The van der Waals surface area contributed by atoms with Crippen LogP contribution in [0.1, 0.15) is 36.2 Å². The van der Waals surface area contributed by atoms with Crippen molar-refractivity contribution in [3.8, 4) is 0 Å². The molecule has 0 aromatic carbocycles. The van der Waals surface area contributed by atoms with Gasteiger partial charge in [-0.2, -0.15) is 0 Å². The number of aromatic nitrogens is 2. The zero-order valence-corrected chi connectivity index (χ0v) is 9.15. The minimum Gasteiger partial charge on any atom is -0.382 e. The van der Waals surface area contributed by atoms with Crippen molar-refractivity contribution in [2.24, 2.45) is 5.92 Å². The van der Waals surface area contributed by atoms with E-state index in [1.165, 1.54) is 31.7 Å². The Balaban J connectivity index is 1.73. The molecule has 1 aromatic rings. The molecule has 0 spiro atoms. The van der Waals surface area contributed by atoms with Crippen molar-refractivity contribution in [3.63, 3.8) is 0 Å². The molecule has 1 amide bonds. The van der Waals surface area contributed by atoms with E-state index in [1.54, 1.807) is 0 Å². The summed E-state index contributed by atoms with van der Waals surface area (Å²) >= 11 is 0. The van der Waals surface area contributed by atoms with Crippen LogP contribution in [-0.2, 0) is 0 Å². The summed E-state index contributed by atoms with van der Waals surface area (Å²) in [5.74, 6) is 0.977. The van der Waals surface area contributed by atoms with Gasteiger partial charge in [0, 0.05) is 6.54 Å². The molecule has 1 aliphatic rings. The van der Waals surface area contributed by atoms with Crippen LogP contribution in [0.5, 0.6) is 0 Å². The van der Waals surface area contributed by atoms with E-state index in [2.05, 4.69) is 15.3 Å². The van der Waals surface area contributed by atoms with Crippen molar-refractivity contribution in [2.75, 3.05) is 12.3 Å². The molecular weight excluding hydrogens is 204 g/mol. The fourth-order valence-electron chi connectivity index (χ4n) is 1.58. The molecule has 1 fully saturated rings. The Morgan fingerprint density at radius 1 is 1.50 bits per heavy atom. The molecule has 5 heteroatoms. The minimum atomic E-state index is -0.199. The highest BCUT2D eigenvalue weighted by molar-refractivity contribution is 5.92. The number of nitrogens with zero attached hydrogens (tertiary/aromatic N) is 2. The third-order valence-corrected chi connectivity index (χ3v) is 2.66. The first kappa shape index (κ1) is 10.9. The van der Waals surface area contributed by atoms with E-state index < -0.39 is 0 Å². The van der Waals surface area contributed by atoms with E-state index >= 15 is 0 Å². The lowest BCUT2D eigenvalue weighted by molar-refractivity contribution is 0.0947. The second-order valence-corrected chi connectivity index (χ2v) is 4.17. The molecule has 1 saturated carbocycles. The summed E-state index contributed by atoms with van der Waals surface area (Å²) in [4.78, 5) is 19.3. The molecule has 0 bridgehead atoms. The molecule has 5 nitrogen and oxygen atoms in total. The first-order valence-corrected chi connectivity index (χ1v) is 5.61. The molecule has 86 valence electrons. The van der Waals surface area contributed by atoms with Crippen LogP contribution in [0.4, 0.5) is 5.82 Å². The molecule has 16 heavy (non-hydrogen) atoms. The number of nitrogens with one attached hydrogen (secondary N) is 1. The summed E-state index contributed by atoms with van der Waals surface area (Å²) in [6.45, 7) is 0.700. The monoisotopic (exact) mass is 220 g/mol. The van der Waals surface area contributed by atoms with Crippen molar-refractivity contribution in [3.05, 3.63) is 18.1 Å². The predicted octanol–water partition coefficient (Wildman–Crippen LogP) is 0.979. The fraction of sp³-hybridized carbons (Fsp3) is 0.545. The topological polar surface area (TPSA) is 80.9 Å². The highest BCUT2D eigenvalue weighted by atomic mass is 16.1. The maximum Gasteiger partial charge on any atom is 0.271 e. The Morgan fingerprint density at radius 3 is 3.00 bits per heavy atom. The summed E-state index contributed by atoms with van der Waals surface area (Å²) < 4.78 is 0. The normalized spacial score (nSPS) is 14.8. The average molecular weight is 220 g/mol. The number of carbonyl (C=O) groups excluding carboxylic acids is 1. The van der Waals surface area contributed by atoms with E-state index in [0.29, 0.717) is 6.54 Å². The Hall–Kier alpha value is -1.65. The molecule has 0 unspecified atom stereocenters. The van der Waals surface area contributed by atoms with Gasteiger partial charge >= 0.3 is 0 Å². The summed E-state index contributed by atoms with van der Waals surface area (Å²) in [6, 6.07) is 0. The number of carbonyl (C=O) groups is 1. The van der Waals surface area contributed by atoms with Crippen LogP contribution >= 0.6 is 0 Å². The third-order valence-electron chi connectivity index (χ3n) is 2.66. The Labute approximate surface area is 94.5 Å². The van der Waals surface area contributed by atoms with Gasteiger partial charge in [-0.05, 0) is 18.8 Å². The molecule has 2 rings (SSSR count). The quantitative estimate of drug-likeness (QED) is 0.725. The van der Waals surface area contributed by atoms with Crippen LogP contribution in [0.2, 0.25) is 0 Å². The average Bonchev–Trinajstić information content (AvgIpc) is 3.08. The van der Waals surface area contributed by atoms with Crippen LogP contribution < -0.4 is 11.1 Å². The van der Waals surface area contributed by atoms with E-state index in [1.807, 2.05) is 0 Å². The molecule has 0 atom stereocenters. The van der Waals surface area contributed by atoms with Gasteiger partial charge in [0.05, 0.1) is 12.4 Å². The molecule has 0 saturated heterocycles. The van der Waals surface area contributed by atoms with Crippen LogP contribution in [0.15, 0.2) is 12.4 Å². The lowest BCUT2D eigenvalue weighted by atomic mass is 10.2. The first-order chi connectivity index (χ1) is 7.75. The van der Waals surface area contributed by atoms with Crippen molar-refractivity contribution >= 4 is 11.7 Å². The zero-order chi connectivity index (χ0) is 11.4. The summed E-state index contributed by atoms with van der Waals surface area (Å²) in [5, 5.41) is 2.81. The fourth-order valence-corrected chi connectivity index (χ4v) is 1.58. The highest BCUT2D eigenvalue weighted by Gasteiger charge is 2.20. The van der Waals surface area contributed by atoms with Crippen LogP contribution in [0.3, 0.4) is 0 Å². The smallest absolute Gasteiger partial charge is 0.271 e. The van der Waals surface area contributed by atoms with E-state index in [9.17, 15) is 4.79 Å². The molecule has 1 aliphatic carbocycles. The molecule has 0 radical (unpaired) electrons. The van der Waals surface area contributed by atoms with Crippen LogP contribution in [-0.4, -0.2) is 22.4 Å². The number of nitrogen functional groups attached to an aromatic ring is 1. The standard InChI is InChI=1S/C11H16N4O/c12-10-7-13-6-9(15-10)11(16)14-5-1-2-8-3-4-8/h6-8H,1-5H2,(H2,12,15)(H,14,16). The third kappa shape index (κ3) is 3.18. The Bertz CT molecular complexity index is 376. The van der Waals surface area contributed by atoms with Gasteiger partial charge in [0.25, 0.3) is 5.91 Å². The lowest BCUT2D eigenvalue weighted by Crippen LogP contribution is -2.25. The number of hydrogen-bond acceptors (Lipinski definition) is 4. The highest BCUT2D eigenvalue weighted by Crippen LogP contribution is 2.33. The predicted molar refractivity (Wildman–Crippen MR) is 60.7 cm³/mol. The van der Waals surface area contributed by atoms with E-state index in [-0.39, 0.29) is 17.4 Å². The largest absolute Gasteiger partial charge is 0.382 e. The molecular formula is C11H16N4O. The van der Waals surface area contributed by atoms with Gasteiger partial charge in [0.1, 0.15) is 11.5 Å². The van der Waals surface area contributed by atoms with Crippen molar-refractivity contribution in [1.29, 1.82) is 0 Å². The summed E-state index contributed by atoms with van der Waals surface area (Å²) in [5.41, 5.74) is 5.73. The number of nitrogens with two attached hydrogens (primary N) is 1. The van der Waals surface area contributed by atoms with Gasteiger partial charge in [-0.1, -0.05) is 12.8 Å². The van der Waals surface area contributed by atoms with Gasteiger partial charge in [-0.25, -0.2) is 4.98 Å². The summed E-state index contributed by atoms with van der Waals surface area (Å²) in [6.07, 6.45) is 7.80. The Kier molecular flexibility index (Phi) is 3.34. The van der Waals surface area contributed by atoms with E-state index in [4.69, 9.17) is 5.73 Å². The number of rotatable bonds is 5. The van der Waals surface area contributed by atoms with Crippen LogP contribution in [0.25, 0.3) is 0 Å². The van der Waals surface area contributed by atoms with Crippen LogP contribution in [0, 0.1) is 5.92 Å². The Morgan fingerprint density at radius 2 is 2.31 bits per heavy atom. The number of anilines is 1. The number of hydrogen-bond donors (Lipinski definition) is 2. The van der Waals surface area contributed by atoms with Crippen molar-refractivity contribution in [1.82, 2.24) is 15.3 Å². The van der Waals surface area contributed by atoms with Crippen molar-refractivity contribution < 1.29 is 4.79 Å².